The lowest BCUT2D eigenvalue weighted by molar-refractivity contribution is -0.135. The van der Waals surface area contributed by atoms with Crippen molar-refractivity contribution in [3.05, 3.63) is 64.9 Å². The fourth-order valence-electron chi connectivity index (χ4n) is 3.16. The van der Waals surface area contributed by atoms with E-state index >= 15 is 0 Å². The molecule has 138 valence electrons. The van der Waals surface area contributed by atoms with E-state index in [1.807, 2.05) is 24.3 Å². The van der Waals surface area contributed by atoms with Gasteiger partial charge in [0.1, 0.15) is 11.6 Å². The molecule has 2 aromatic carbocycles. The maximum absolute atomic E-state index is 13.1. The topological polar surface area (TPSA) is 32.8 Å². The second kappa shape index (κ2) is 8.52. The number of carbonyl (C=O) groups excluding carboxylic acids is 1. The van der Waals surface area contributed by atoms with Crippen LogP contribution in [0.3, 0.4) is 0 Å². The summed E-state index contributed by atoms with van der Waals surface area (Å²) in [6.07, 6.45) is 0. The average Bonchev–Trinajstić information content (AvgIpc) is 2.66. The van der Waals surface area contributed by atoms with E-state index in [0.717, 1.165) is 23.7 Å². The molecule has 0 saturated carbocycles. The zero-order valence-corrected chi connectivity index (χ0v) is 15.5. The number of carbonyl (C=O) groups is 1. The van der Waals surface area contributed by atoms with Crippen LogP contribution < -0.4 is 4.74 Å². The van der Waals surface area contributed by atoms with Crippen LogP contribution in [0.15, 0.2) is 48.5 Å². The van der Waals surface area contributed by atoms with Crippen molar-refractivity contribution in [1.82, 2.24) is 9.80 Å². The zero-order chi connectivity index (χ0) is 18.5. The van der Waals surface area contributed by atoms with Crippen LogP contribution in [-0.4, -0.2) is 48.5 Å². The minimum absolute atomic E-state index is 0.0798. The largest absolute Gasteiger partial charge is 0.484 e. The van der Waals surface area contributed by atoms with E-state index in [1.54, 1.807) is 17.0 Å². The number of hydrogen-bond donors (Lipinski definition) is 0. The molecule has 0 radical (unpaired) electrons. The Morgan fingerprint density at radius 1 is 1.15 bits per heavy atom. The molecule has 1 heterocycles. The van der Waals surface area contributed by atoms with Crippen molar-refractivity contribution in [2.24, 2.45) is 0 Å². The van der Waals surface area contributed by atoms with Crippen LogP contribution in [0.5, 0.6) is 5.75 Å². The van der Waals surface area contributed by atoms with Gasteiger partial charge in [-0.05, 0) is 30.7 Å². The molecule has 26 heavy (non-hydrogen) atoms. The third-order valence-corrected chi connectivity index (χ3v) is 5.07. The van der Waals surface area contributed by atoms with E-state index in [1.165, 1.54) is 12.1 Å². The van der Waals surface area contributed by atoms with Gasteiger partial charge in [0.2, 0.25) is 0 Å². The lowest BCUT2D eigenvalue weighted by Gasteiger charge is -2.38. The first-order valence-electron chi connectivity index (χ1n) is 8.69. The summed E-state index contributed by atoms with van der Waals surface area (Å²) in [6, 6.07) is 13.9. The summed E-state index contributed by atoms with van der Waals surface area (Å²) < 4.78 is 18.5. The number of piperazine rings is 1. The van der Waals surface area contributed by atoms with Gasteiger partial charge in [-0.1, -0.05) is 35.9 Å². The monoisotopic (exact) mass is 376 g/mol. The Balaban J connectivity index is 1.50. The number of rotatable bonds is 5. The second-order valence-corrected chi connectivity index (χ2v) is 6.77. The van der Waals surface area contributed by atoms with Crippen LogP contribution in [0, 0.1) is 5.82 Å². The molecule has 2 aromatic rings. The Morgan fingerprint density at radius 3 is 2.58 bits per heavy atom. The number of halogens is 2. The van der Waals surface area contributed by atoms with E-state index < -0.39 is 0 Å². The van der Waals surface area contributed by atoms with Crippen molar-refractivity contribution in [2.75, 3.05) is 32.8 Å². The van der Waals surface area contributed by atoms with Crippen LogP contribution in [0.2, 0.25) is 5.02 Å². The highest BCUT2D eigenvalue weighted by Crippen LogP contribution is 2.27. The number of amides is 1. The van der Waals surface area contributed by atoms with Crippen LogP contribution in [0.4, 0.5) is 4.39 Å². The standard InChI is InChI=1S/C20H22ClFN2O2/c1-15(18-7-2-3-8-19(18)21)23-9-11-24(12-10-23)20(25)14-26-17-6-4-5-16(22)13-17/h2-8,13,15H,9-12,14H2,1H3. The highest BCUT2D eigenvalue weighted by Gasteiger charge is 2.25. The van der Waals surface area contributed by atoms with Gasteiger partial charge in [-0.25, -0.2) is 4.39 Å². The van der Waals surface area contributed by atoms with Crippen molar-refractivity contribution < 1.29 is 13.9 Å². The number of nitrogens with zero attached hydrogens (tertiary/aromatic N) is 2. The molecule has 0 aromatic heterocycles. The zero-order valence-electron chi connectivity index (χ0n) is 14.7. The fraction of sp³-hybridized carbons (Fsp3) is 0.350. The maximum Gasteiger partial charge on any atom is 0.260 e. The normalized spacial score (nSPS) is 16.3. The third kappa shape index (κ3) is 4.54. The number of benzene rings is 2. The molecule has 1 saturated heterocycles. The summed E-state index contributed by atoms with van der Waals surface area (Å²) in [6.45, 7) is 4.88. The van der Waals surface area contributed by atoms with Crippen LogP contribution in [0.1, 0.15) is 18.5 Å². The molecule has 1 unspecified atom stereocenters. The predicted octanol–water partition coefficient (Wildman–Crippen LogP) is 3.76. The Hall–Kier alpha value is -2.11. The van der Waals surface area contributed by atoms with E-state index in [-0.39, 0.29) is 24.4 Å². The molecule has 0 spiro atoms. The highest BCUT2D eigenvalue weighted by molar-refractivity contribution is 6.31. The first-order valence-corrected chi connectivity index (χ1v) is 9.07. The van der Waals surface area contributed by atoms with Gasteiger partial charge in [0.05, 0.1) is 0 Å². The molecule has 3 rings (SSSR count). The van der Waals surface area contributed by atoms with Gasteiger partial charge < -0.3 is 9.64 Å². The lowest BCUT2D eigenvalue weighted by atomic mass is 10.1. The van der Waals surface area contributed by atoms with Crippen molar-refractivity contribution in [2.45, 2.75) is 13.0 Å². The van der Waals surface area contributed by atoms with Gasteiger partial charge in [0.15, 0.2) is 6.61 Å². The number of hydrogen-bond acceptors (Lipinski definition) is 3. The smallest absolute Gasteiger partial charge is 0.260 e. The molecule has 1 aliphatic heterocycles. The van der Waals surface area contributed by atoms with E-state index in [4.69, 9.17) is 16.3 Å². The summed E-state index contributed by atoms with van der Waals surface area (Å²) in [4.78, 5) is 16.4. The quantitative estimate of drug-likeness (QED) is 0.796. The average molecular weight is 377 g/mol. The molecule has 6 heteroatoms. The fourth-order valence-corrected chi connectivity index (χ4v) is 3.46. The van der Waals surface area contributed by atoms with Gasteiger partial charge in [0.25, 0.3) is 5.91 Å². The van der Waals surface area contributed by atoms with Gasteiger partial charge in [0, 0.05) is 43.3 Å². The summed E-state index contributed by atoms with van der Waals surface area (Å²) in [5, 5.41) is 0.766. The molecule has 1 aliphatic rings. The third-order valence-electron chi connectivity index (χ3n) is 4.73. The van der Waals surface area contributed by atoms with Crippen molar-refractivity contribution in [3.8, 4) is 5.75 Å². The minimum atomic E-state index is -0.378. The van der Waals surface area contributed by atoms with Gasteiger partial charge in [-0.3, -0.25) is 9.69 Å². The molecule has 0 N–H and O–H groups in total. The first kappa shape index (κ1) is 18.7. The molecule has 1 amide bonds. The van der Waals surface area contributed by atoms with E-state index in [9.17, 15) is 9.18 Å². The van der Waals surface area contributed by atoms with Gasteiger partial charge in [-0.2, -0.15) is 0 Å². The minimum Gasteiger partial charge on any atom is -0.484 e. The maximum atomic E-state index is 13.1. The SMILES string of the molecule is CC(c1ccccc1Cl)N1CCN(C(=O)COc2cccc(F)c2)CC1. The van der Waals surface area contributed by atoms with Crippen molar-refractivity contribution in [1.29, 1.82) is 0 Å². The Kier molecular flexibility index (Phi) is 6.12. The van der Waals surface area contributed by atoms with Crippen molar-refractivity contribution in [3.63, 3.8) is 0 Å². The predicted molar refractivity (Wildman–Crippen MR) is 99.9 cm³/mol. The molecule has 0 bridgehead atoms. The summed E-state index contributed by atoms with van der Waals surface area (Å²) in [5.74, 6) is -0.0965. The summed E-state index contributed by atoms with van der Waals surface area (Å²) in [7, 11) is 0. The van der Waals surface area contributed by atoms with E-state index in [0.29, 0.717) is 18.8 Å². The van der Waals surface area contributed by atoms with Crippen LogP contribution >= 0.6 is 11.6 Å². The summed E-state index contributed by atoms with van der Waals surface area (Å²) >= 11 is 6.29. The summed E-state index contributed by atoms with van der Waals surface area (Å²) in [5.41, 5.74) is 1.10. The lowest BCUT2D eigenvalue weighted by Crippen LogP contribution is -2.50. The Morgan fingerprint density at radius 2 is 1.88 bits per heavy atom. The number of ether oxygens (including phenoxy) is 1. The molecule has 0 aliphatic carbocycles. The van der Waals surface area contributed by atoms with Crippen LogP contribution in [-0.2, 0) is 4.79 Å². The highest BCUT2D eigenvalue weighted by atomic mass is 35.5. The molecular weight excluding hydrogens is 355 g/mol. The van der Waals surface area contributed by atoms with Gasteiger partial charge >= 0.3 is 0 Å². The molecular formula is C20H22ClFN2O2. The second-order valence-electron chi connectivity index (χ2n) is 6.36. The first-order chi connectivity index (χ1) is 12.5. The van der Waals surface area contributed by atoms with Crippen molar-refractivity contribution >= 4 is 17.5 Å². The van der Waals surface area contributed by atoms with Gasteiger partial charge in [-0.15, -0.1) is 0 Å². The Labute approximate surface area is 158 Å². The van der Waals surface area contributed by atoms with E-state index in [2.05, 4.69) is 11.8 Å². The Bertz CT molecular complexity index is 763. The van der Waals surface area contributed by atoms with Crippen LogP contribution in [0.25, 0.3) is 0 Å². The molecule has 1 atom stereocenters. The molecule has 1 fully saturated rings. The molecule has 4 nitrogen and oxygen atoms in total.